The molecule has 0 fully saturated rings. The summed E-state index contributed by atoms with van der Waals surface area (Å²) in [5, 5.41) is 5.12. The first-order valence-electron chi connectivity index (χ1n) is 7.47. The Morgan fingerprint density at radius 3 is 2.83 bits per heavy atom. The number of fused-ring (bicyclic) bond motifs is 1. The van der Waals surface area contributed by atoms with Crippen LogP contribution in [0, 0.1) is 6.92 Å². The van der Waals surface area contributed by atoms with Crippen LogP contribution in [0.2, 0.25) is 0 Å². The van der Waals surface area contributed by atoms with E-state index in [1.807, 2.05) is 42.6 Å². The minimum Gasteiger partial charge on any atom is -0.406 e. The topological polar surface area (TPSA) is 72.2 Å². The number of aryl methyl sites for hydroxylation is 1. The second kappa shape index (κ2) is 6.80. The van der Waals surface area contributed by atoms with Crippen LogP contribution in [0.25, 0.3) is 16.3 Å². The predicted molar refractivity (Wildman–Crippen MR) is 94.9 cm³/mol. The monoisotopic (exact) mass is 340 g/mol. The molecule has 0 aliphatic rings. The summed E-state index contributed by atoms with van der Waals surface area (Å²) in [6.07, 6.45) is 3.16. The fourth-order valence-corrected chi connectivity index (χ4v) is 3.19. The molecular weight excluding hydrogens is 324 g/mol. The van der Waals surface area contributed by atoms with Gasteiger partial charge in [-0.25, -0.2) is 9.78 Å². The van der Waals surface area contributed by atoms with Gasteiger partial charge in [-0.15, -0.1) is 11.3 Å². The van der Waals surface area contributed by atoms with Crippen LogP contribution in [0.3, 0.4) is 0 Å². The number of hydrogen-bond acceptors (Lipinski definition) is 5. The lowest BCUT2D eigenvalue weighted by Gasteiger charge is -2.10. The Morgan fingerprint density at radius 1 is 1.33 bits per heavy atom. The van der Waals surface area contributed by atoms with E-state index in [0.717, 1.165) is 11.1 Å². The number of benzene rings is 1. The van der Waals surface area contributed by atoms with Crippen molar-refractivity contribution in [3.05, 3.63) is 69.2 Å². The zero-order chi connectivity index (χ0) is 17.1. The van der Waals surface area contributed by atoms with Gasteiger partial charge in [0.2, 0.25) is 11.8 Å². The van der Waals surface area contributed by atoms with Gasteiger partial charge in [0.25, 0.3) is 0 Å². The van der Waals surface area contributed by atoms with Gasteiger partial charge in [0.1, 0.15) is 10.9 Å². The van der Waals surface area contributed by atoms with Crippen LogP contribution in [0.5, 0.6) is 0 Å². The van der Waals surface area contributed by atoms with Gasteiger partial charge in [-0.1, -0.05) is 30.3 Å². The van der Waals surface area contributed by atoms with Gasteiger partial charge >= 0.3 is 5.63 Å². The second-order valence-electron chi connectivity index (χ2n) is 5.41. The van der Waals surface area contributed by atoms with E-state index >= 15 is 0 Å². The quantitative estimate of drug-likeness (QED) is 0.738. The third-order valence-electron chi connectivity index (χ3n) is 3.52. The molecule has 0 aliphatic heterocycles. The average molecular weight is 340 g/mol. The lowest BCUT2D eigenvalue weighted by atomic mass is 10.2. The Morgan fingerprint density at radius 2 is 2.08 bits per heavy atom. The molecule has 2 heterocycles. The highest BCUT2D eigenvalue weighted by Gasteiger charge is 2.16. The number of thiophene rings is 1. The summed E-state index contributed by atoms with van der Waals surface area (Å²) in [6.45, 7) is 3.57. The number of amides is 1. The molecule has 1 aromatic carbocycles. The first-order chi connectivity index (χ1) is 11.5. The zero-order valence-electron chi connectivity index (χ0n) is 13.3. The highest BCUT2D eigenvalue weighted by atomic mass is 32.1. The smallest absolute Gasteiger partial charge is 0.348 e. The number of carbonyl (C=O) groups excluding carboxylic acids is 1. The van der Waals surface area contributed by atoms with Crippen molar-refractivity contribution < 1.29 is 9.21 Å². The highest BCUT2D eigenvalue weighted by Crippen LogP contribution is 2.22. The fraction of sp³-hybridized carbons (Fsp3) is 0.167. The van der Waals surface area contributed by atoms with Crippen LogP contribution in [-0.4, -0.2) is 10.9 Å². The van der Waals surface area contributed by atoms with Crippen LogP contribution in [-0.2, 0) is 4.79 Å². The van der Waals surface area contributed by atoms with Crippen LogP contribution in [0.15, 0.2) is 51.0 Å². The Bertz CT molecular complexity index is 957. The maximum Gasteiger partial charge on any atom is 0.348 e. The Kier molecular flexibility index (Phi) is 4.57. The molecule has 0 radical (unpaired) electrons. The number of hydrogen-bond donors (Lipinski definition) is 1. The summed E-state index contributed by atoms with van der Waals surface area (Å²) in [5.41, 5.74) is 1.36. The molecule has 0 aliphatic carbocycles. The average Bonchev–Trinajstić information content (AvgIpc) is 2.95. The van der Waals surface area contributed by atoms with E-state index in [1.54, 1.807) is 13.0 Å². The molecule has 0 saturated heterocycles. The van der Waals surface area contributed by atoms with Gasteiger partial charge in [0.15, 0.2) is 0 Å². The Labute approximate surface area is 142 Å². The Hall–Kier alpha value is -2.73. The second-order valence-corrected chi connectivity index (χ2v) is 6.27. The Balaban J connectivity index is 1.75. The predicted octanol–water partition coefficient (Wildman–Crippen LogP) is 3.45. The zero-order valence-corrected chi connectivity index (χ0v) is 14.1. The molecule has 3 aromatic rings. The molecule has 0 spiro atoms. The van der Waals surface area contributed by atoms with E-state index in [9.17, 15) is 9.59 Å². The number of carbonyl (C=O) groups is 1. The summed E-state index contributed by atoms with van der Waals surface area (Å²) >= 11 is 1.39. The van der Waals surface area contributed by atoms with E-state index in [-0.39, 0.29) is 11.8 Å². The van der Waals surface area contributed by atoms with E-state index in [4.69, 9.17) is 4.42 Å². The fourth-order valence-electron chi connectivity index (χ4n) is 2.27. The maximum absolute atomic E-state index is 12.1. The van der Waals surface area contributed by atoms with Gasteiger partial charge in [-0.2, -0.15) is 0 Å². The van der Waals surface area contributed by atoms with Crippen molar-refractivity contribution in [1.82, 2.24) is 10.3 Å². The van der Waals surface area contributed by atoms with Gasteiger partial charge in [-0.3, -0.25) is 4.79 Å². The molecule has 0 bridgehead atoms. The number of nitrogens with one attached hydrogen (secondary N) is 1. The van der Waals surface area contributed by atoms with Crippen molar-refractivity contribution >= 4 is 33.5 Å². The summed E-state index contributed by atoms with van der Waals surface area (Å²) < 4.78 is 5.26. The lowest BCUT2D eigenvalue weighted by molar-refractivity contribution is -0.117. The molecule has 24 heavy (non-hydrogen) atoms. The summed E-state index contributed by atoms with van der Waals surface area (Å²) in [5.74, 6) is -0.0749. The molecule has 3 rings (SSSR count). The number of aromatic nitrogens is 1. The molecule has 2 aromatic heterocycles. The maximum atomic E-state index is 12.1. The first kappa shape index (κ1) is 16.1. The summed E-state index contributed by atoms with van der Waals surface area (Å²) in [6, 6.07) is 9.02. The van der Waals surface area contributed by atoms with Gasteiger partial charge < -0.3 is 9.73 Å². The van der Waals surface area contributed by atoms with Crippen LogP contribution >= 0.6 is 11.3 Å². The lowest BCUT2D eigenvalue weighted by Crippen LogP contribution is -2.26. The third-order valence-corrected chi connectivity index (χ3v) is 4.51. The summed E-state index contributed by atoms with van der Waals surface area (Å²) in [7, 11) is 0. The molecule has 1 atom stereocenters. The molecule has 6 heteroatoms. The minimum absolute atomic E-state index is 0.204. The molecule has 0 saturated carbocycles. The van der Waals surface area contributed by atoms with Gasteiger partial charge in [0.05, 0.1) is 5.39 Å². The first-order valence-corrected chi connectivity index (χ1v) is 8.35. The van der Waals surface area contributed by atoms with Crippen molar-refractivity contribution in [2.45, 2.75) is 19.9 Å². The van der Waals surface area contributed by atoms with E-state index in [2.05, 4.69) is 10.3 Å². The van der Waals surface area contributed by atoms with Crippen molar-refractivity contribution in [3.63, 3.8) is 0 Å². The van der Waals surface area contributed by atoms with Gasteiger partial charge in [0, 0.05) is 6.08 Å². The van der Waals surface area contributed by atoms with E-state index in [0.29, 0.717) is 10.2 Å². The highest BCUT2D eigenvalue weighted by molar-refractivity contribution is 7.16. The SMILES string of the molecule is Cc1csc2nc([C@H](C)NC(=O)C=Cc3ccccc3)oc(=O)c12. The van der Waals surface area contributed by atoms with Crippen molar-refractivity contribution in [3.8, 4) is 0 Å². The standard InChI is InChI=1S/C18H16N2O3S/c1-11-10-24-17-15(11)18(22)23-16(20-17)12(2)19-14(21)9-8-13-6-4-3-5-7-13/h3-10,12H,1-2H3,(H,19,21)/t12-/m0/s1. The largest absolute Gasteiger partial charge is 0.406 e. The number of rotatable bonds is 4. The normalized spacial score (nSPS) is 12.6. The van der Waals surface area contributed by atoms with Crippen LogP contribution in [0.1, 0.15) is 30.0 Å². The molecule has 5 nitrogen and oxygen atoms in total. The number of nitrogens with zero attached hydrogens (tertiary/aromatic N) is 1. The van der Waals surface area contributed by atoms with Crippen LogP contribution in [0.4, 0.5) is 0 Å². The molecule has 122 valence electrons. The van der Waals surface area contributed by atoms with E-state index < -0.39 is 11.7 Å². The molecule has 0 unspecified atom stereocenters. The minimum atomic E-state index is -0.502. The van der Waals surface area contributed by atoms with Crippen LogP contribution < -0.4 is 10.9 Å². The van der Waals surface area contributed by atoms with Crippen molar-refractivity contribution in [2.24, 2.45) is 0 Å². The third kappa shape index (κ3) is 3.44. The molecule has 1 N–H and O–H groups in total. The molecular formula is C18H16N2O3S. The van der Waals surface area contributed by atoms with Crippen molar-refractivity contribution in [1.29, 1.82) is 0 Å². The van der Waals surface area contributed by atoms with Gasteiger partial charge in [-0.05, 0) is 36.4 Å². The molecule has 1 amide bonds. The summed E-state index contributed by atoms with van der Waals surface area (Å²) in [4.78, 5) is 29.0. The van der Waals surface area contributed by atoms with Crippen molar-refractivity contribution in [2.75, 3.05) is 0 Å². The van der Waals surface area contributed by atoms with E-state index in [1.165, 1.54) is 17.4 Å².